The zero-order valence-electron chi connectivity index (χ0n) is 9.78. The van der Waals surface area contributed by atoms with Crippen molar-refractivity contribution in [1.29, 1.82) is 0 Å². The van der Waals surface area contributed by atoms with Crippen molar-refractivity contribution in [1.82, 2.24) is 10.3 Å². The normalized spacial score (nSPS) is 20.1. The molecule has 88 valence electrons. The van der Waals surface area contributed by atoms with Gasteiger partial charge in [0, 0.05) is 26.2 Å². The van der Waals surface area contributed by atoms with E-state index in [4.69, 9.17) is 4.42 Å². The molecule has 3 rings (SSSR count). The van der Waals surface area contributed by atoms with Crippen molar-refractivity contribution in [3.63, 3.8) is 0 Å². The van der Waals surface area contributed by atoms with Gasteiger partial charge in [0.05, 0.1) is 5.69 Å². The standard InChI is InChI=1S/C12H19N3O/c1-15(7-9-2-3-9)12-14-11(8-16-12)6-13-10-4-5-10/h8-10,13H,2-7H2,1H3. The van der Waals surface area contributed by atoms with Gasteiger partial charge < -0.3 is 14.6 Å². The molecule has 2 saturated carbocycles. The van der Waals surface area contributed by atoms with Gasteiger partial charge in [-0.25, -0.2) is 0 Å². The van der Waals surface area contributed by atoms with E-state index in [2.05, 4.69) is 22.2 Å². The van der Waals surface area contributed by atoms with Crippen LogP contribution in [0.3, 0.4) is 0 Å². The Kier molecular flexibility index (Phi) is 2.59. The van der Waals surface area contributed by atoms with Crippen LogP contribution < -0.4 is 10.2 Å². The van der Waals surface area contributed by atoms with Crippen LogP contribution in [0.5, 0.6) is 0 Å². The highest BCUT2D eigenvalue weighted by atomic mass is 16.4. The van der Waals surface area contributed by atoms with Crippen LogP contribution in [-0.2, 0) is 6.54 Å². The van der Waals surface area contributed by atoms with Gasteiger partial charge in [-0.2, -0.15) is 4.98 Å². The van der Waals surface area contributed by atoms with E-state index in [1.54, 1.807) is 6.26 Å². The molecule has 2 aliphatic rings. The lowest BCUT2D eigenvalue weighted by Crippen LogP contribution is -2.20. The smallest absolute Gasteiger partial charge is 0.297 e. The molecular formula is C12H19N3O. The predicted octanol–water partition coefficient (Wildman–Crippen LogP) is 1.77. The minimum atomic E-state index is 0.726. The number of aromatic nitrogens is 1. The van der Waals surface area contributed by atoms with Gasteiger partial charge in [-0.3, -0.25) is 0 Å². The average Bonchev–Trinajstić information content (AvgIpc) is 3.18. The van der Waals surface area contributed by atoms with Gasteiger partial charge in [-0.15, -0.1) is 0 Å². The van der Waals surface area contributed by atoms with Gasteiger partial charge in [0.15, 0.2) is 0 Å². The van der Waals surface area contributed by atoms with E-state index < -0.39 is 0 Å². The Bertz CT molecular complexity index is 355. The van der Waals surface area contributed by atoms with Gasteiger partial charge in [-0.05, 0) is 31.6 Å². The van der Waals surface area contributed by atoms with Crippen LogP contribution in [0.1, 0.15) is 31.4 Å². The van der Waals surface area contributed by atoms with Crippen molar-refractivity contribution in [2.45, 2.75) is 38.3 Å². The Hall–Kier alpha value is -1.03. The third kappa shape index (κ3) is 2.55. The molecular weight excluding hydrogens is 202 g/mol. The SMILES string of the molecule is CN(CC1CC1)c1nc(CNC2CC2)co1. The number of hydrogen-bond donors (Lipinski definition) is 1. The number of hydrogen-bond acceptors (Lipinski definition) is 4. The Labute approximate surface area is 96.0 Å². The lowest BCUT2D eigenvalue weighted by atomic mass is 10.4. The Balaban J connectivity index is 1.52. The summed E-state index contributed by atoms with van der Waals surface area (Å²) in [7, 11) is 2.06. The van der Waals surface area contributed by atoms with E-state index in [0.717, 1.165) is 36.8 Å². The highest BCUT2D eigenvalue weighted by molar-refractivity contribution is 5.25. The molecule has 1 aromatic heterocycles. The van der Waals surface area contributed by atoms with Crippen LogP contribution in [-0.4, -0.2) is 24.6 Å². The van der Waals surface area contributed by atoms with Crippen LogP contribution >= 0.6 is 0 Å². The van der Waals surface area contributed by atoms with Gasteiger partial charge in [-0.1, -0.05) is 0 Å². The third-order valence-electron chi connectivity index (χ3n) is 3.24. The van der Waals surface area contributed by atoms with Crippen LogP contribution in [0.25, 0.3) is 0 Å². The number of nitrogens with one attached hydrogen (secondary N) is 1. The number of anilines is 1. The largest absolute Gasteiger partial charge is 0.432 e. The fraction of sp³-hybridized carbons (Fsp3) is 0.750. The molecule has 0 aliphatic heterocycles. The summed E-state index contributed by atoms with van der Waals surface area (Å²) in [5.74, 6) is 0.866. The summed E-state index contributed by atoms with van der Waals surface area (Å²) in [5, 5.41) is 3.44. The summed E-state index contributed by atoms with van der Waals surface area (Å²) in [5.41, 5.74) is 1.02. The van der Waals surface area contributed by atoms with E-state index in [0.29, 0.717) is 0 Å². The summed E-state index contributed by atoms with van der Waals surface area (Å²) in [6.07, 6.45) is 7.12. The number of nitrogens with zero attached hydrogens (tertiary/aromatic N) is 2. The van der Waals surface area contributed by atoms with E-state index >= 15 is 0 Å². The fourth-order valence-electron chi connectivity index (χ4n) is 1.85. The molecule has 0 aromatic carbocycles. The molecule has 1 heterocycles. The van der Waals surface area contributed by atoms with Crippen LogP contribution in [0.15, 0.2) is 10.7 Å². The maximum absolute atomic E-state index is 5.48. The number of oxazole rings is 1. The molecule has 0 unspecified atom stereocenters. The molecule has 4 nitrogen and oxygen atoms in total. The van der Waals surface area contributed by atoms with Crippen molar-refractivity contribution in [3.05, 3.63) is 12.0 Å². The first-order chi connectivity index (χ1) is 7.81. The summed E-state index contributed by atoms with van der Waals surface area (Å²) in [6.45, 7) is 1.92. The third-order valence-corrected chi connectivity index (χ3v) is 3.24. The van der Waals surface area contributed by atoms with E-state index in [9.17, 15) is 0 Å². The van der Waals surface area contributed by atoms with Gasteiger partial charge in [0.2, 0.25) is 0 Å². The Morgan fingerprint density at radius 2 is 2.25 bits per heavy atom. The number of rotatable bonds is 6. The molecule has 0 radical (unpaired) electrons. The summed E-state index contributed by atoms with van der Waals surface area (Å²) >= 11 is 0. The van der Waals surface area contributed by atoms with E-state index in [-0.39, 0.29) is 0 Å². The van der Waals surface area contributed by atoms with Gasteiger partial charge >= 0.3 is 0 Å². The molecule has 0 spiro atoms. The first-order valence-corrected chi connectivity index (χ1v) is 6.20. The highest BCUT2D eigenvalue weighted by Crippen LogP contribution is 2.30. The molecule has 0 amide bonds. The lowest BCUT2D eigenvalue weighted by molar-refractivity contribution is 0.538. The van der Waals surface area contributed by atoms with Crippen LogP contribution in [0.2, 0.25) is 0 Å². The minimum absolute atomic E-state index is 0.726. The van der Waals surface area contributed by atoms with Gasteiger partial charge in [0.1, 0.15) is 6.26 Å². The zero-order chi connectivity index (χ0) is 11.0. The van der Waals surface area contributed by atoms with Crippen LogP contribution in [0.4, 0.5) is 6.01 Å². The summed E-state index contributed by atoms with van der Waals surface area (Å²) in [4.78, 5) is 6.61. The molecule has 1 aromatic rings. The fourth-order valence-corrected chi connectivity index (χ4v) is 1.85. The minimum Gasteiger partial charge on any atom is -0.432 e. The van der Waals surface area contributed by atoms with Gasteiger partial charge in [0.25, 0.3) is 6.01 Å². The summed E-state index contributed by atoms with van der Waals surface area (Å²) in [6, 6.07) is 1.49. The van der Waals surface area contributed by atoms with Crippen molar-refractivity contribution < 1.29 is 4.42 Å². The topological polar surface area (TPSA) is 41.3 Å². The molecule has 2 fully saturated rings. The Morgan fingerprint density at radius 3 is 2.94 bits per heavy atom. The Morgan fingerprint density at radius 1 is 1.44 bits per heavy atom. The van der Waals surface area contributed by atoms with E-state index in [1.807, 2.05) is 0 Å². The monoisotopic (exact) mass is 221 g/mol. The predicted molar refractivity (Wildman–Crippen MR) is 62.4 cm³/mol. The quantitative estimate of drug-likeness (QED) is 0.795. The molecule has 16 heavy (non-hydrogen) atoms. The maximum Gasteiger partial charge on any atom is 0.297 e. The maximum atomic E-state index is 5.48. The van der Waals surface area contributed by atoms with Crippen molar-refractivity contribution in [3.8, 4) is 0 Å². The average molecular weight is 221 g/mol. The zero-order valence-corrected chi connectivity index (χ0v) is 9.78. The molecule has 4 heteroatoms. The summed E-state index contributed by atoms with van der Waals surface area (Å²) < 4.78 is 5.48. The second-order valence-electron chi connectivity index (χ2n) is 5.10. The molecule has 2 aliphatic carbocycles. The first-order valence-electron chi connectivity index (χ1n) is 6.20. The highest BCUT2D eigenvalue weighted by Gasteiger charge is 2.25. The second kappa shape index (κ2) is 4.09. The first kappa shape index (κ1) is 10.1. The van der Waals surface area contributed by atoms with E-state index in [1.165, 1.54) is 25.7 Å². The van der Waals surface area contributed by atoms with Crippen LogP contribution in [0, 0.1) is 5.92 Å². The van der Waals surface area contributed by atoms with Crippen molar-refractivity contribution in [2.75, 3.05) is 18.5 Å². The van der Waals surface area contributed by atoms with Crippen molar-refractivity contribution in [2.24, 2.45) is 5.92 Å². The molecule has 0 atom stereocenters. The lowest BCUT2D eigenvalue weighted by Gasteiger charge is -2.12. The molecule has 1 N–H and O–H groups in total. The molecule has 0 bridgehead atoms. The molecule has 0 saturated heterocycles. The van der Waals surface area contributed by atoms with Crippen molar-refractivity contribution >= 4 is 6.01 Å². The second-order valence-corrected chi connectivity index (χ2v) is 5.10.